The zero-order valence-corrected chi connectivity index (χ0v) is 29.6. The summed E-state index contributed by atoms with van der Waals surface area (Å²) in [6.45, 7) is 16.2. The van der Waals surface area contributed by atoms with Crippen LogP contribution in [0.5, 0.6) is 0 Å². The topological polar surface area (TPSA) is 157 Å². The molecule has 1 aliphatic rings. The third-order valence-corrected chi connectivity index (χ3v) is 8.82. The van der Waals surface area contributed by atoms with Crippen LogP contribution in [-0.4, -0.2) is 104 Å². The van der Waals surface area contributed by atoms with Crippen LogP contribution in [0.2, 0.25) is 0 Å². The number of carbonyl (C=O) groups excluding carboxylic acids is 3. The first kappa shape index (κ1) is 37.9. The van der Waals surface area contributed by atoms with Gasteiger partial charge in [-0.2, -0.15) is 0 Å². The van der Waals surface area contributed by atoms with E-state index in [9.17, 15) is 14.4 Å². The van der Waals surface area contributed by atoms with E-state index in [0.29, 0.717) is 88.8 Å². The molecule has 0 aliphatic carbocycles. The Morgan fingerprint density at radius 3 is 2.35 bits per heavy atom. The van der Waals surface area contributed by atoms with Crippen molar-refractivity contribution < 1.29 is 33.0 Å². The molecule has 0 bridgehead atoms. The molecule has 3 heterocycles. The number of amides is 2. The summed E-state index contributed by atoms with van der Waals surface area (Å²) in [4.78, 5) is 47.6. The summed E-state index contributed by atoms with van der Waals surface area (Å²) < 4.78 is 23.0. The van der Waals surface area contributed by atoms with Gasteiger partial charge in [0.05, 0.1) is 61.9 Å². The summed E-state index contributed by atoms with van der Waals surface area (Å²) in [6.07, 6.45) is 4.91. The lowest BCUT2D eigenvalue weighted by molar-refractivity contribution is -0.153. The van der Waals surface area contributed by atoms with Crippen LogP contribution >= 0.6 is 23.1 Å². The van der Waals surface area contributed by atoms with Crippen molar-refractivity contribution in [3.63, 3.8) is 0 Å². The number of esters is 1. The molecule has 0 unspecified atom stereocenters. The van der Waals surface area contributed by atoms with Crippen LogP contribution in [0.1, 0.15) is 66.0 Å². The number of aromatic nitrogens is 2. The predicted octanol–water partition coefficient (Wildman–Crippen LogP) is 3.45. The van der Waals surface area contributed by atoms with Gasteiger partial charge in [0, 0.05) is 24.4 Å². The molecule has 258 valence electrons. The van der Waals surface area contributed by atoms with Gasteiger partial charge >= 0.3 is 5.97 Å². The molecule has 2 aromatic heterocycles. The van der Waals surface area contributed by atoms with E-state index in [4.69, 9.17) is 18.6 Å². The molecule has 0 aromatic carbocycles. The number of carbonyl (C=O) groups is 3. The monoisotopic (exact) mass is 682 g/mol. The molecular weight excluding hydrogens is 633 g/mol. The second kappa shape index (κ2) is 18.7. The number of thioether (sulfide) groups is 1. The van der Waals surface area contributed by atoms with Crippen molar-refractivity contribution >= 4 is 46.0 Å². The molecule has 15 heteroatoms. The molecule has 3 rings (SSSR count). The van der Waals surface area contributed by atoms with Crippen LogP contribution in [0, 0.1) is 5.92 Å². The molecule has 1 aliphatic heterocycles. The van der Waals surface area contributed by atoms with Gasteiger partial charge in [-0.1, -0.05) is 32.1 Å². The fraction of sp³-hybridized carbons (Fsp3) is 0.710. The SMILES string of the molecule is CC(C)(C)OC(=O)CNCCOCCOCCNC(=O)CN1CCC(C(=O)Nc2ncc(SCc3ncc(C(C)(C)C)o3)s2)CC1. The van der Waals surface area contributed by atoms with Gasteiger partial charge in [0.25, 0.3) is 0 Å². The molecule has 3 N–H and O–H groups in total. The summed E-state index contributed by atoms with van der Waals surface area (Å²) >= 11 is 3.02. The predicted molar refractivity (Wildman–Crippen MR) is 178 cm³/mol. The van der Waals surface area contributed by atoms with Gasteiger partial charge in [-0.15, -0.1) is 11.8 Å². The molecule has 0 radical (unpaired) electrons. The van der Waals surface area contributed by atoms with Gasteiger partial charge in [0.2, 0.25) is 17.7 Å². The lowest BCUT2D eigenvalue weighted by Crippen LogP contribution is -2.44. The normalized spacial score (nSPS) is 14.7. The smallest absolute Gasteiger partial charge is 0.320 e. The average Bonchev–Trinajstić information content (AvgIpc) is 3.64. The lowest BCUT2D eigenvalue weighted by Gasteiger charge is -2.30. The number of likely N-dealkylation sites (tertiary alicyclic amines) is 1. The van der Waals surface area contributed by atoms with E-state index in [1.54, 1.807) is 24.2 Å². The van der Waals surface area contributed by atoms with Gasteiger partial charge in [-0.3, -0.25) is 19.3 Å². The van der Waals surface area contributed by atoms with Crippen LogP contribution in [0.3, 0.4) is 0 Å². The number of ether oxygens (including phenoxy) is 3. The van der Waals surface area contributed by atoms with Crippen molar-refractivity contribution in [1.29, 1.82) is 0 Å². The summed E-state index contributed by atoms with van der Waals surface area (Å²) in [7, 11) is 0. The molecule has 46 heavy (non-hydrogen) atoms. The fourth-order valence-electron chi connectivity index (χ4n) is 4.36. The number of oxazole rings is 1. The van der Waals surface area contributed by atoms with Crippen molar-refractivity contribution in [2.75, 3.05) is 71.0 Å². The zero-order chi connectivity index (χ0) is 33.6. The van der Waals surface area contributed by atoms with Gasteiger partial charge < -0.3 is 34.6 Å². The highest BCUT2D eigenvalue weighted by atomic mass is 32.2. The highest BCUT2D eigenvalue weighted by molar-refractivity contribution is 8.00. The summed E-state index contributed by atoms with van der Waals surface area (Å²) in [6, 6.07) is 0. The minimum Gasteiger partial charge on any atom is -0.459 e. The molecule has 0 spiro atoms. The highest BCUT2D eigenvalue weighted by Crippen LogP contribution is 2.32. The number of hydrogen-bond acceptors (Lipinski definition) is 13. The standard InChI is InChI=1S/C31H50N6O7S2/c1-30(2,3)23-17-34-25(43-23)21-45-27-19-35-29(46-27)36-28(40)22-7-11-37(12-8-22)20-24(38)33-10-14-42-16-15-41-13-9-32-18-26(39)44-31(4,5)6/h17,19,22,32H,7-16,18,20-21H2,1-6H3,(H,33,38)(H,35,36,40). The number of thiazole rings is 1. The van der Waals surface area contributed by atoms with E-state index in [0.717, 1.165) is 9.97 Å². The summed E-state index contributed by atoms with van der Waals surface area (Å²) in [5.74, 6) is 1.62. The second-order valence-electron chi connectivity index (χ2n) is 13.0. The van der Waals surface area contributed by atoms with E-state index in [-0.39, 0.29) is 35.7 Å². The third kappa shape index (κ3) is 14.9. The second-order valence-corrected chi connectivity index (χ2v) is 15.3. The first-order valence-corrected chi connectivity index (χ1v) is 17.5. The van der Waals surface area contributed by atoms with Gasteiger partial charge in [-0.05, 0) is 46.7 Å². The minimum absolute atomic E-state index is 0.0317. The first-order chi connectivity index (χ1) is 21.8. The Hall–Kier alpha value is -2.56. The third-order valence-electron chi connectivity index (χ3n) is 6.72. The Kier molecular flexibility index (Phi) is 15.4. The number of hydrogen-bond donors (Lipinski definition) is 3. The molecule has 1 fully saturated rings. The number of nitrogens with one attached hydrogen (secondary N) is 3. The Bertz CT molecular complexity index is 1230. The summed E-state index contributed by atoms with van der Waals surface area (Å²) in [5, 5.41) is 9.39. The van der Waals surface area contributed by atoms with Gasteiger partial charge in [0.15, 0.2) is 5.13 Å². The Morgan fingerprint density at radius 1 is 1.00 bits per heavy atom. The van der Waals surface area contributed by atoms with Gasteiger partial charge in [-0.25, -0.2) is 9.97 Å². The quantitative estimate of drug-likeness (QED) is 0.120. The molecule has 1 saturated heterocycles. The lowest BCUT2D eigenvalue weighted by atomic mass is 9.94. The minimum atomic E-state index is -0.490. The largest absolute Gasteiger partial charge is 0.459 e. The van der Waals surface area contributed by atoms with Gasteiger partial charge in [0.1, 0.15) is 11.4 Å². The number of anilines is 1. The summed E-state index contributed by atoms with van der Waals surface area (Å²) in [5.41, 5.74) is -0.573. The Balaban J connectivity index is 1.18. The molecular formula is C31H50N6O7S2. The van der Waals surface area contributed by atoms with E-state index in [1.165, 1.54) is 11.3 Å². The molecule has 0 saturated carbocycles. The van der Waals surface area contributed by atoms with Crippen LogP contribution in [0.25, 0.3) is 0 Å². The first-order valence-electron chi connectivity index (χ1n) is 15.7. The Labute approximate surface area is 280 Å². The molecule has 2 amide bonds. The average molecular weight is 683 g/mol. The maximum Gasteiger partial charge on any atom is 0.320 e. The van der Waals surface area contributed by atoms with Crippen LogP contribution in [-0.2, 0) is 39.8 Å². The van der Waals surface area contributed by atoms with E-state index < -0.39 is 5.60 Å². The maximum atomic E-state index is 12.8. The van der Waals surface area contributed by atoms with Crippen LogP contribution in [0.15, 0.2) is 21.0 Å². The fourth-order valence-corrected chi connectivity index (χ4v) is 6.09. The molecule has 13 nitrogen and oxygen atoms in total. The highest BCUT2D eigenvalue weighted by Gasteiger charge is 2.26. The number of rotatable bonds is 18. The van der Waals surface area contributed by atoms with E-state index in [1.807, 2.05) is 20.8 Å². The number of nitrogens with zero attached hydrogens (tertiary/aromatic N) is 3. The van der Waals surface area contributed by atoms with Crippen molar-refractivity contribution in [2.24, 2.45) is 5.92 Å². The van der Waals surface area contributed by atoms with Crippen molar-refractivity contribution in [3.05, 3.63) is 24.0 Å². The van der Waals surface area contributed by atoms with Crippen molar-refractivity contribution in [2.45, 2.75) is 75.4 Å². The van der Waals surface area contributed by atoms with E-state index in [2.05, 4.69) is 51.6 Å². The van der Waals surface area contributed by atoms with Crippen molar-refractivity contribution in [3.8, 4) is 0 Å². The molecule has 0 atom stereocenters. The zero-order valence-electron chi connectivity index (χ0n) is 27.9. The number of piperidine rings is 1. The van der Waals surface area contributed by atoms with E-state index >= 15 is 0 Å². The maximum absolute atomic E-state index is 12.8. The van der Waals surface area contributed by atoms with Crippen molar-refractivity contribution in [1.82, 2.24) is 25.5 Å². The van der Waals surface area contributed by atoms with Crippen LogP contribution < -0.4 is 16.0 Å². The Morgan fingerprint density at radius 2 is 1.70 bits per heavy atom. The molecule has 2 aromatic rings. The van der Waals surface area contributed by atoms with Crippen LogP contribution in [0.4, 0.5) is 5.13 Å².